The van der Waals surface area contributed by atoms with Crippen molar-refractivity contribution < 1.29 is 65.8 Å². The largest absolute Gasteiger partial charge is 2.00 e. The Morgan fingerprint density at radius 1 is 0.762 bits per heavy atom. The summed E-state index contributed by atoms with van der Waals surface area (Å²) in [6.45, 7) is 0. The molecule has 2 amide bonds. The van der Waals surface area contributed by atoms with E-state index in [2.05, 4.69) is 59.7 Å². The zero-order valence-electron chi connectivity index (χ0n) is 22.0. The SMILES string of the molecule is COC([NH-])=O.COC([NH-])=O.O=[C-]Pc1ncc(-c2ccc3cc(-c4ccc5nc(P[C-]=O)[nH]c5c4)ccc3c2)[nH]1.[V+2].[V+2]. The number of hydrogen-bond acceptors (Lipinski definition) is 8. The van der Waals surface area contributed by atoms with E-state index < -0.39 is 12.2 Å². The first kappa shape index (κ1) is 36.5. The summed E-state index contributed by atoms with van der Waals surface area (Å²) in [7, 11) is 2.15. The van der Waals surface area contributed by atoms with Gasteiger partial charge < -0.3 is 40.5 Å². The molecule has 3 aromatic carbocycles. The first-order chi connectivity index (χ1) is 19.3. The van der Waals surface area contributed by atoms with Gasteiger partial charge in [-0.15, -0.1) is 0 Å². The van der Waals surface area contributed by atoms with Gasteiger partial charge in [-0.05, 0) is 46.2 Å². The molecule has 0 saturated carbocycles. The first-order valence-electron chi connectivity index (χ1n) is 11.2. The zero-order chi connectivity index (χ0) is 29.1. The minimum Gasteiger partial charge on any atom is -0.632 e. The van der Waals surface area contributed by atoms with Crippen molar-refractivity contribution in [3.8, 4) is 22.4 Å². The molecular weight excluding hydrogens is 656 g/mol. The molecule has 16 heteroatoms. The van der Waals surface area contributed by atoms with Gasteiger partial charge in [0.2, 0.25) is 12.2 Å². The molecule has 5 rings (SSSR count). The topological polar surface area (TPSA) is 192 Å². The van der Waals surface area contributed by atoms with Crippen molar-refractivity contribution in [2.24, 2.45) is 0 Å². The molecule has 2 unspecified atom stereocenters. The summed E-state index contributed by atoms with van der Waals surface area (Å²) in [4.78, 5) is 54.7. The van der Waals surface area contributed by atoms with Crippen LogP contribution in [0.1, 0.15) is 0 Å². The molecule has 0 fully saturated rings. The molecule has 42 heavy (non-hydrogen) atoms. The summed E-state index contributed by atoms with van der Waals surface area (Å²) < 4.78 is 7.56. The standard InChI is InChI=1S/C22H14N4O2P2.2C2H5NO2.2V/c27-11-29-21-23-10-20(26-21)17-4-3-13-7-14(1-2-15(13)8-17)16-5-6-18-19(9-16)25-22(24-18)30-12-28;2*1-5-2(3)4;;/h1-10,29-30H,(H,23,26)(H,24,25);2*1H3,(H2,3,4);;/q-2;;;2*+2/p-2. The number of aromatic nitrogens is 4. The number of benzene rings is 3. The number of methoxy groups -OCH3 is 2. The number of rotatable bonds is 6. The third kappa shape index (κ3) is 10.4. The van der Waals surface area contributed by atoms with E-state index in [0.717, 1.165) is 58.4 Å². The summed E-state index contributed by atoms with van der Waals surface area (Å²) in [5, 5.41) is 2.24. The predicted octanol–water partition coefficient (Wildman–Crippen LogP) is 5.12. The fraction of sp³-hybridized carbons (Fsp3) is 0.0769. The molecule has 5 aromatic rings. The number of carbonyl (C=O) groups excluding carboxylic acids is 4. The molecule has 2 heterocycles. The summed E-state index contributed by atoms with van der Waals surface area (Å²) >= 11 is 0. The molecule has 0 aliphatic carbocycles. The van der Waals surface area contributed by atoms with Crippen molar-refractivity contribution in [1.82, 2.24) is 19.9 Å². The number of ether oxygens (including phenoxy) is 2. The second-order valence-corrected chi connectivity index (χ2v) is 9.53. The van der Waals surface area contributed by atoms with Crippen LogP contribution in [0.2, 0.25) is 0 Å². The Bertz CT molecular complexity index is 1650. The third-order valence-electron chi connectivity index (χ3n) is 5.25. The first-order valence-corrected chi connectivity index (χ1v) is 13.2. The number of amides is 2. The van der Waals surface area contributed by atoms with Crippen molar-refractivity contribution >= 4 is 74.3 Å². The molecule has 2 aromatic heterocycles. The number of nitrogens with one attached hydrogen (secondary N) is 4. The van der Waals surface area contributed by atoms with Crippen LogP contribution in [0.15, 0.2) is 60.8 Å². The van der Waals surface area contributed by atoms with Gasteiger partial charge in [0.1, 0.15) is 0 Å². The zero-order valence-corrected chi connectivity index (χ0v) is 26.8. The van der Waals surface area contributed by atoms with E-state index in [-0.39, 0.29) is 54.3 Å². The molecule has 212 valence electrons. The maximum atomic E-state index is 10.6. The molecule has 0 aliphatic heterocycles. The molecule has 0 bridgehead atoms. The van der Waals surface area contributed by atoms with Crippen LogP contribution in [-0.2, 0) is 56.2 Å². The van der Waals surface area contributed by atoms with Crippen molar-refractivity contribution in [1.29, 1.82) is 0 Å². The van der Waals surface area contributed by atoms with Crippen molar-refractivity contribution in [3.05, 3.63) is 72.3 Å². The van der Waals surface area contributed by atoms with Crippen LogP contribution in [0.5, 0.6) is 0 Å². The molecule has 12 nitrogen and oxygen atoms in total. The predicted molar refractivity (Wildman–Crippen MR) is 157 cm³/mol. The Hall–Kier alpha value is -3.49. The van der Waals surface area contributed by atoms with Gasteiger partial charge in [-0.3, -0.25) is 9.59 Å². The maximum absolute atomic E-state index is 10.6. The minimum absolute atomic E-state index is 0. The van der Waals surface area contributed by atoms with Gasteiger partial charge in [-0.1, -0.05) is 30.3 Å². The Balaban J connectivity index is 0.000000640. The number of carbonyl (C=O) groups is 2. The maximum Gasteiger partial charge on any atom is 2.00 e. The number of imidazole rings is 2. The van der Waals surface area contributed by atoms with Gasteiger partial charge in [-0.25, -0.2) is 22.0 Å². The minimum atomic E-state index is -0.995. The molecule has 0 spiro atoms. The van der Waals surface area contributed by atoms with E-state index >= 15 is 0 Å². The molecule has 4 N–H and O–H groups in total. The molecular formula is C26H22N6O6P2V2. The Kier molecular flexibility index (Phi) is 15.8. The van der Waals surface area contributed by atoms with Crippen LogP contribution >= 0.6 is 17.2 Å². The van der Waals surface area contributed by atoms with E-state index in [0.29, 0.717) is 11.1 Å². The summed E-state index contributed by atoms with van der Waals surface area (Å²) in [5.41, 5.74) is 19.0. The molecule has 2 atom stereocenters. The van der Waals surface area contributed by atoms with Gasteiger partial charge >= 0.3 is 37.1 Å². The molecule has 2 radical (unpaired) electrons. The number of H-pyrrole nitrogens is 2. The Labute approximate surface area is 267 Å². The van der Waals surface area contributed by atoms with E-state index in [1.54, 1.807) is 6.20 Å². The van der Waals surface area contributed by atoms with Crippen molar-refractivity contribution in [2.45, 2.75) is 0 Å². The Morgan fingerprint density at radius 2 is 1.26 bits per heavy atom. The normalized spacial score (nSPS) is 10.1. The van der Waals surface area contributed by atoms with E-state index in [4.69, 9.17) is 11.5 Å². The number of fused-ring (bicyclic) bond motifs is 2. The average Bonchev–Trinajstić information content (AvgIpc) is 3.60. The fourth-order valence-electron chi connectivity index (χ4n) is 3.47. The van der Waals surface area contributed by atoms with Crippen molar-refractivity contribution in [3.63, 3.8) is 0 Å². The number of hydrogen-bond donors (Lipinski definition) is 2. The number of aromatic amines is 2. The van der Waals surface area contributed by atoms with Crippen molar-refractivity contribution in [2.75, 3.05) is 14.2 Å². The quantitative estimate of drug-likeness (QED) is 0.183. The fourth-order valence-corrected chi connectivity index (χ4v) is 4.36. The van der Waals surface area contributed by atoms with Crippen LogP contribution in [0.3, 0.4) is 0 Å². The van der Waals surface area contributed by atoms with Crippen LogP contribution in [-0.4, -0.2) is 58.4 Å². The van der Waals surface area contributed by atoms with Gasteiger partial charge in [0, 0.05) is 5.56 Å². The monoisotopic (exact) mass is 678 g/mol. The second kappa shape index (κ2) is 18.1. The van der Waals surface area contributed by atoms with Crippen LogP contribution in [0.25, 0.3) is 55.7 Å². The van der Waals surface area contributed by atoms with Crippen LogP contribution < -0.4 is 11.1 Å². The summed E-state index contributed by atoms with van der Waals surface area (Å²) in [6.07, 6.45) is -0.249. The second-order valence-electron chi connectivity index (χ2n) is 7.68. The smallest absolute Gasteiger partial charge is 0.632 e. The van der Waals surface area contributed by atoms with Gasteiger partial charge in [0.15, 0.2) is 0 Å². The van der Waals surface area contributed by atoms with E-state index in [9.17, 15) is 19.2 Å². The van der Waals surface area contributed by atoms with Crippen LogP contribution in [0.4, 0.5) is 9.59 Å². The van der Waals surface area contributed by atoms with Crippen LogP contribution in [0, 0.1) is 0 Å². The molecule has 0 saturated heterocycles. The van der Waals surface area contributed by atoms with E-state index in [1.165, 1.54) is 0 Å². The average molecular weight is 678 g/mol. The van der Waals surface area contributed by atoms with Gasteiger partial charge in [0.05, 0.1) is 48.3 Å². The molecule has 0 aliphatic rings. The number of nitrogens with zero attached hydrogens (tertiary/aromatic N) is 2. The van der Waals surface area contributed by atoms with Gasteiger partial charge in [-0.2, -0.15) is 17.2 Å². The summed E-state index contributed by atoms with van der Waals surface area (Å²) in [5.74, 6) is 0. The third-order valence-corrected chi connectivity index (χ3v) is 6.42. The summed E-state index contributed by atoms with van der Waals surface area (Å²) in [6, 6.07) is 22.4. The van der Waals surface area contributed by atoms with Gasteiger partial charge in [0.25, 0.3) is 0 Å². The van der Waals surface area contributed by atoms with E-state index in [1.807, 2.05) is 36.3 Å². The Morgan fingerprint density at radius 3 is 1.83 bits per heavy atom.